The van der Waals surface area contributed by atoms with E-state index in [1.165, 1.54) is 19.2 Å². The van der Waals surface area contributed by atoms with Crippen LogP contribution in [0.2, 0.25) is 0 Å². The molecule has 1 rings (SSSR count). The molecule has 0 saturated heterocycles. The monoisotopic (exact) mass is 337 g/mol. The summed E-state index contributed by atoms with van der Waals surface area (Å²) in [4.78, 5) is 10.7. The van der Waals surface area contributed by atoms with Gasteiger partial charge < -0.3 is 9.84 Å². The number of hydrogen-bond acceptors (Lipinski definition) is 4. The van der Waals surface area contributed by atoms with Crippen LogP contribution in [0.5, 0.6) is 0 Å². The molecule has 1 atom stereocenters. The Hall–Kier alpha value is -0.960. The zero-order valence-corrected chi connectivity index (χ0v) is 11.9. The molecule has 0 radical (unpaired) electrons. The standard InChI is InChI=1S/C10H12BrNO5S/c1-17-9(10(13)14)6-12-18(15,16)8-4-2-7(11)3-5-8/h2-5,9,12H,6H2,1H3,(H,13,14). The molecule has 0 aliphatic rings. The van der Waals surface area contributed by atoms with Crippen molar-refractivity contribution >= 4 is 31.9 Å². The number of nitrogens with one attached hydrogen (secondary N) is 1. The van der Waals surface area contributed by atoms with Crippen molar-refractivity contribution in [2.24, 2.45) is 0 Å². The topological polar surface area (TPSA) is 92.7 Å². The van der Waals surface area contributed by atoms with Gasteiger partial charge in [0.1, 0.15) is 0 Å². The summed E-state index contributed by atoms with van der Waals surface area (Å²) in [5, 5.41) is 8.71. The number of rotatable bonds is 6. The number of methoxy groups -OCH3 is 1. The smallest absolute Gasteiger partial charge is 0.334 e. The Labute approximate surface area is 113 Å². The summed E-state index contributed by atoms with van der Waals surface area (Å²) in [6.07, 6.45) is -1.21. The van der Waals surface area contributed by atoms with Crippen LogP contribution in [-0.4, -0.2) is 39.3 Å². The average molecular weight is 338 g/mol. The van der Waals surface area contributed by atoms with Crippen LogP contribution in [0.1, 0.15) is 0 Å². The first-order valence-electron chi connectivity index (χ1n) is 4.87. The van der Waals surface area contributed by atoms with Crippen LogP contribution in [0, 0.1) is 0 Å². The van der Waals surface area contributed by atoms with Crippen LogP contribution >= 0.6 is 15.9 Å². The summed E-state index contributed by atoms with van der Waals surface area (Å²) in [6, 6.07) is 5.99. The lowest BCUT2D eigenvalue weighted by atomic mass is 10.4. The molecule has 0 heterocycles. The molecule has 0 bridgehead atoms. The summed E-state index contributed by atoms with van der Waals surface area (Å²) in [5.74, 6) is -1.23. The number of carbonyl (C=O) groups is 1. The number of carboxylic acid groups (broad SMARTS) is 1. The normalized spacial score (nSPS) is 13.2. The molecule has 0 aromatic heterocycles. The van der Waals surface area contributed by atoms with Crippen molar-refractivity contribution < 1.29 is 23.1 Å². The van der Waals surface area contributed by atoms with E-state index in [9.17, 15) is 13.2 Å². The molecule has 0 aliphatic heterocycles. The Bertz CT molecular complexity index is 514. The van der Waals surface area contributed by atoms with Gasteiger partial charge in [0.25, 0.3) is 0 Å². The van der Waals surface area contributed by atoms with Gasteiger partial charge in [-0.3, -0.25) is 0 Å². The lowest BCUT2D eigenvalue weighted by molar-refractivity contribution is -0.147. The summed E-state index contributed by atoms with van der Waals surface area (Å²) < 4.78 is 31.2. The summed E-state index contributed by atoms with van der Waals surface area (Å²) >= 11 is 3.19. The third kappa shape index (κ3) is 4.05. The van der Waals surface area contributed by atoms with Crippen LogP contribution in [0.4, 0.5) is 0 Å². The zero-order chi connectivity index (χ0) is 13.8. The lowest BCUT2D eigenvalue weighted by Gasteiger charge is -2.12. The molecule has 6 nitrogen and oxygen atoms in total. The lowest BCUT2D eigenvalue weighted by Crippen LogP contribution is -2.37. The molecule has 0 spiro atoms. The van der Waals surface area contributed by atoms with Crippen molar-refractivity contribution in [2.75, 3.05) is 13.7 Å². The van der Waals surface area contributed by atoms with E-state index in [1.807, 2.05) is 0 Å². The Morgan fingerprint density at radius 2 is 2.00 bits per heavy atom. The van der Waals surface area contributed by atoms with Crippen LogP contribution in [0.3, 0.4) is 0 Å². The number of aliphatic carboxylic acids is 1. The van der Waals surface area contributed by atoms with Crippen molar-refractivity contribution in [3.63, 3.8) is 0 Å². The van der Waals surface area contributed by atoms with Crippen molar-refractivity contribution in [1.82, 2.24) is 4.72 Å². The first kappa shape index (κ1) is 15.1. The van der Waals surface area contributed by atoms with Gasteiger partial charge in [-0.25, -0.2) is 17.9 Å². The molecular weight excluding hydrogens is 326 g/mol. The molecule has 1 aromatic carbocycles. The maximum absolute atomic E-state index is 11.8. The number of carboxylic acids is 1. The highest BCUT2D eigenvalue weighted by atomic mass is 79.9. The van der Waals surface area contributed by atoms with Gasteiger partial charge >= 0.3 is 5.97 Å². The van der Waals surface area contributed by atoms with E-state index in [-0.39, 0.29) is 11.4 Å². The van der Waals surface area contributed by atoms with Gasteiger partial charge in [-0.2, -0.15) is 0 Å². The molecule has 0 amide bonds. The summed E-state index contributed by atoms with van der Waals surface area (Å²) in [5.41, 5.74) is 0. The van der Waals surface area contributed by atoms with Crippen LogP contribution in [-0.2, 0) is 19.6 Å². The molecule has 18 heavy (non-hydrogen) atoms. The van der Waals surface area contributed by atoms with E-state index >= 15 is 0 Å². The predicted molar refractivity (Wildman–Crippen MR) is 67.8 cm³/mol. The molecule has 0 aliphatic carbocycles. The fraction of sp³-hybridized carbons (Fsp3) is 0.300. The summed E-state index contributed by atoms with van der Waals surface area (Å²) in [7, 11) is -2.53. The van der Waals surface area contributed by atoms with Crippen LogP contribution in [0.25, 0.3) is 0 Å². The third-order valence-electron chi connectivity index (χ3n) is 2.14. The highest BCUT2D eigenvalue weighted by Crippen LogP contribution is 2.14. The molecular formula is C10H12BrNO5S. The quantitative estimate of drug-likeness (QED) is 0.801. The number of hydrogen-bond donors (Lipinski definition) is 2. The second kappa shape index (κ2) is 6.28. The fourth-order valence-electron chi connectivity index (χ4n) is 1.15. The third-order valence-corrected chi connectivity index (χ3v) is 4.11. The molecule has 1 aromatic rings. The van der Waals surface area contributed by atoms with Crippen LogP contribution in [0.15, 0.2) is 33.6 Å². The van der Waals surface area contributed by atoms with Crippen molar-refractivity contribution in [3.05, 3.63) is 28.7 Å². The van der Waals surface area contributed by atoms with Gasteiger partial charge in [0, 0.05) is 18.1 Å². The highest BCUT2D eigenvalue weighted by molar-refractivity contribution is 9.10. The maximum Gasteiger partial charge on any atom is 0.334 e. The van der Waals surface area contributed by atoms with E-state index in [0.29, 0.717) is 0 Å². The molecule has 0 saturated carbocycles. The fourth-order valence-corrected chi connectivity index (χ4v) is 2.45. The van der Waals surface area contributed by atoms with Crippen molar-refractivity contribution in [3.8, 4) is 0 Å². The number of ether oxygens (including phenoxy) is 1. The highest BCUT2D eigenvalue weighted by Gasteiger charge is 2.21. The Morgan fingerprint density at radius 1 is 1.44 bits per heavy atom. The van der Waals surface area contributed by atoms with Gasteiger partial charge in [-0.1, -0.05) is 15.9 Å². The first-order chi connectivity index (χ1) is 8.36. The van der Waals surface area contributed by atoms with E-state index in [4.69, 9.17) is 5.11 Å². The Morgan fingerprint density at radius 3 is 2.44 bits per heavy atom. The molecule has 0 fully saturated rings. The first-order valence-corrected chi connectivity index (χ1v) is 7.15. The largest absolute Gasteiger partial charge is 0.479 e. The Kier molecular flexibility index (Phi) is 5.27. The van der Waals surface area contributed by atoms with Gasteiger partial charge in [0.2, 0.25) is 10.0 Å². The second-order valence-corrected chi connectivity index (χ2v) is 6.05. The minimum atomic E-state index is -3.73. The molecule has 8 heteroatoms. The van der Waals surface area contributed by atoms with Gasteiger partial charge in [0.15, 0.2) is 6.10 Å². The van der Waals surface area contributed by atoms with Gasteiger partial charge in [0.05, 0.1) is 4.90 Å². The molecule has 2 N–H and O–H groups in total. The predicted octanol–water partition coefficient (Wildman–Crippen LogP) is 0.827. The van der Waals surface area contributed by atoms with Gasteiger partial charge in [-0.05, 0) is 24.3 Å². The van der Waals surface area contributed by atoms with Gasteiger partial charge in [-0.15, -0.1) is 0 Å². The molecule has 1 unspecified atom stereocenters. The van der Waals surface area contributed by atoms with Crippen molar-refractivity contribution in [1.29, 1.82) is 0 Å². The number of halogens is 1. The number of benzene rings is 1. The maximum atomic E-state index is 11.8. The minimum absolute atomic E-state index is 0.0611. The van der Waals surface area contributed by atoms with Crippen LogP contribution < -0.4 is 4.72 Å². The number of sulfonamides is 1. The Balaban J connectivity index is 2.76. The van der Waals surface area contributed by atoms with Crippen molar-refractivity contribution in [2.45, 2.75) is 11.0 Å². The second-order valence-electron chi connectivity index (χ2n) is 3.37. The van der Waals surface area contributed by atoms with E-state index in [1.54, 1.807) is 12.1 Å². The summed E-state index contributed by atoms with van der Waals surface area (Å²) in [6.45, 7) is -0.329. The molecule has 100 valence electrons. The van der Waals surface area contributed by atoms with E-state index in [2.05, 4.69) is 25.4 Å². The SMILES string of the molecule is COC(CNS(=O)(=O)c1ccc(Br)cc1)C(=O)O. The minimum Gasteiger partial charge on any atom is -0.479 e. The van der Waals surface area contributed by atoms with E-state index in [0.717, 1.165) is 4.47 Å². The average Bonchev–Trinajstić information content (AvgIpc) is 2.29. The van der Waals surface area contributed by atoms with E-state index < -0.39 is 22.1 Å². The zero-order valence-electron chi connectivity index (χ0n) is 9.46.